The van der Waals surface area contributed by atoms with Crippen molar-refractivity contribution >= 4 is 28.7 Å². The zero-order valence-electron chi connectivity index (χ0n) is 19.8. The van der Waals surface area contributed by atoms with Crippen molar-refractivity contribution in [2.24, 2.45) is 5.16 Å². The molecular weight excluding hydrogens is 474 g/mol. The predicted molar refractivity (Wildman–Crippen MR) is 141 cm³/mol. The third-order valence-electron chi connectivity index (χ3n) is 5.60. The van der Waals surface area contributed by atoms with Crippen LogP contribution in [0.3, 0.4) is 0 Å². The molecule has 0 saturated carbocycles. The number of benzene rings is 3. The Morgan fingerprint density at radius 3 is 2.00 bits per heavy atom. The van der Waals surface area contributed by atoms with Crippen LogP contribution in [0.2, 0.25) is 0 Å². The lowest BCUT2D eigenvalue weighted by molar-refractivity contribution is -0.129. The summed E-state index contributed by atoms with van der Waals surface area (Å²) in [5.41, 5.74) is 3.21. The van der Waals surface area contributed by atoms with Gasteiger partial charge in [0.15, 0.2) is 11.3 Å². The molecule has 3 aromatic carbocycles. The van der Waals surface area contributed by atoms with E-state index in [-0.39, 0.29) is 6.61 Å². The Labute approximate surface area is 214 Å². The van der Waals surface area contributed by atoms with E-state index in [2.05, 4.69) is 46.9 Å². The van der Waals surface area contributed by atoms with Crippen LogP contribution in [0.15, 0.2) is 102 Å². The summed E-state index contributed by atoms with van der Waals surface area (Å²) in [7, 11) is 0. The van der Waals surface area contributed by atoms with Crippen molar-refractivity contribution in [2.75, 3.05) is 18.5 Å². The Hall–Kier alpha value is -4.01. The van der Waals surface area contributed by atoms with Gasteiger partial charge in [0.25, 0.3) is 0 Å². The largest absolute Gasteiger partial charge is 0.477 e. The molecule has 0 aliphatic carbocycles. The minimum Gasteiger partial charge on any atom is -0.477 e. The van der Waals surface area contributed by atoms with Crippen LogP contribution < -0.4 is 5.32 Å². The molecular formula is C28H27N3O4S. The summed E-state index contributed by atoms with van der Waals surface area (Å²) >= 11 is 1.47. The lowest BCUT2D eigenvalue weighted by Crippen LogP contribution is -2.38. The average molecular weight is 502 g/mol. The van der Waals surface area contributed by atoms with E-state index >= 15 is 0 Å². The quantitative estimate of drug-likeness (QED) is 0.147. The van der Waals surface area contributed by atoms with Crippen molar-refractivity contribution in [3.8, 4) is 0 Å². The van der Waals surface area contributed by atoms with Gasteiger partial charge >= 0.3 is 5.97 Å². The fourth-order valence-corrected chi connectivity index (χ4v) is 4.85. The van der Waals surface area contributed by atoms with Gasteiger partial charge in [-0.1, -0.05) is 96.2 Å². The Bertz CT molecular complexity index is 1170. The van der Waals surface area contributed by atoms with Crippen LogP contribution in [-0.2, 0) is 19.9 Å². The molecule has 8 heteroatoms. The van der Waals surface area contributed by atoms with Crippen molar-refractivity contribution in [1.82, 2.24) is 4.98 Å². The van der Waals surface area contributed by atoms with Gasteiger partial charge in [0.2, 0.25) is 0 Å². The highest BCUT2D eigenvalue weighted by Gasteiger charge is 2.37. The van der Waals surface area contributed by atoms with Crippen LogP contribution in [0.5, 0.6) is 0 Å². The standard InChI is InChI=1S/C28H27N3O4S/c1-2-34-25(19-35-29-18-26(32)33)24-20-36-27(30-24)31-28(21-12-6-3-7-13-21,22-14-8-4-9-15-22)23-16-10-5-11-17-23/h3-18,20,25H,2,19H2,1H3,(H,30,31)(H,32,33)/b29-18+. The van der Waals surface area contributed by atoms with Gasteiger partial charge in [0, 0.05) is 12.0 Å². The molecule has 1 aromatic heterocycles. The lowest BCUT2D eigenvalue weighted by Gasteiger charge is -2.36. The number of carboxylic acids is 1. The monoisotopic (exact) mass is 501 g/mol. The van der Waals surface area contributed by atoms with Crippen LogP contribution in [0, 0.1) is 0 Å². The summed E-state index contributed by atoms with van der Waals surface area (Å²) in [5.74, 6) is -1.18. The van der Waals surface area contributed by atoms with E-state index in [0.29, 0.717) is 23.6 Å². The van der Waals surface area contributed by atoms with Crippen molar-refractivity contribution < 1.29 is 19.5 Å². The highest BCUT2D eigenvalue weighted by Crippen LogP contribution is 2.41. The molecule has 0 fully saturated rings. The molecule has 184 valence electrons. The lowest BCUT2D eigenvalue weighted by atomic mass is 9.77. The zero-order chi connectivity index (χ0) is 25.2. The number of rotatable bonds is 12. The molecule has 4 aromatic rings. The van der Waals surface area contributed by atoms with Crippen LogP contribution in [0.4, 0.5) is 5.13 Å². The van der Waals surface area contributed by atoms with E-state index in [0.717, 1.165) is 16.7 Å². The first kappa shape index (κ1) is 25.1. The highest BCUT2D eigenvalue weighted by molar-refractivity contribution is 7.13. The molecule has 0 saturated heterocycles. The summed E-state index contributed by atoms with van der Waals surface area (Å²) in [6, 6.07) is 30.9. The summed E-state index contributed by atoms with van der Waals surface area (Å²) in [6.45, 7) is 2.37. The number of hydrogen-bond donors (Lipinski definition) is 2. The Balaban J connectivity index is 1.73. The Kier molecular flexibility index (Phi) is 8.44. The number of ether oxygens (including phenoxy) is 1. The van der Waals surface area contributed by atoms with Gasteiger partial charge < -0.3 is 20.0 Å². The number of anilines is 1. The normalized spacial score (nSPS) is 12.4. The first-order chi connectivity index (χ1) is 17.6. The number of hydrogen-bond acceptors (Lipinski definition) is 7. The van der Waals surface area contributed by atoms with E-state index < -0.39 is 17.6 Å². The van der Waals surface area contributed by atoms with Gasteiger partial charge in [-0.25, -0.2) is 9.78 Å². The molecule has 7 nitrogen and oxygen atoms in total. The molecule has 1 atom stereocenters. The van der Waals surface area contributed by atoms with Crippen molar-refractivity contribution in [2.45, 2.75) is 18.6 Å². The summed E-state index contributed by atoms with van der Waals surface area (Å²) < 4.78 is 5.80. The van der Waals surface area contributed by atoms with E-state index in [1.54, 1.807) is 0 Å². The number of aliphatic carboxylic acids is 1. The second-order valence-corrected chi connectivity index (χ2v) is 8.72. The van der Waals surface area contributed by atoms with Gasteiger partial charge in [-0.3, -0.25) is 0 Å². The summed E-state index contributed by atoms with van der Waals surface area (Å²) in [5, 5.41) is 18.5. The molecule has 0 bridgehead atoms. The average Bonchev–Trinajstić information content (AvgIpc) is 3.39. The number of thiazole rings is 1. The van der Waals surface area contributed by atoms with Crippen molar-refractivity contribution in [1.29, 1.82) is 0 Å². The summed E-state index contributed by atoms with van der Waals surface area (Å²) in [4.78, 5) is 20.6. The third kappa shape index (κ3) is 5.79. The molecule has 0 aliphatic rings. The molecule has 0 spiro atoms. The second kappa shape index (κ2) is 12.1. The first-order valence-electron chi connectivity index (χ1n) is 11.5. The number of carbonyl (C=O) groups is 1. The molecule has 1 heterocycles. The molecule has 0 amide bonds. The SMILES string of the molecule is CCOC(CO/N=C/C(=O)O)c1csc(NC(c2ccccc2)(c2ccccc2)c2ccccc2)n1. The maximum absolute atomic E-state index is 10.6. The van der Waals surface area contributed by atoms with Gasteiger partial charge in [-0.15, -0.1) is 11.3 Å². The molecule has 2 N–H and O–H groups in total. The van der Waals surface area contributed by atoms with E-state index in [1.807, 2.05) is 66.9 Å². The number of aromatic nitrogens is 1. The maximum atomic E-state index is 10.6. The number of carboxylic acid groups (broad SMARTS) is 1. The van der Waals surface area contributed by atoms with Gasteiger partial charge in [-0.2, -0.15) is 0 Å². The van der Waals surface area contributed by atoms with Crippen molar-refractivity contribution in [3.63, 3.8) is 0 Å². The van der Waals surface area contributed by atoms with Gasteiger partial charge in [-0.05, 0) is 23.6 Å². The fourth-order valence-electron chi connectivity index (χ4n) is 4.05. The van der Waals surface area contributed by atoms with Crippen LogP contribution in [0.25, 0.3) is 0 Å². The molecule has 36 heavy (non-hydrogen) atoms. The minimum absolute atomic E-state index is 0.0436. The maximum Gasteiger partial charge on any atom is 0.350 e. The molecule has 0 radical (unpaired) electrons. The van der Waals surface area contributed by atoms with Gasteiger partial charge in [0.1, 0.15) is 18.2 Å². The Morgan fingerprint density at radius 2 is 1.53 bits per heavy atom. The summed E-state index contributed by atoms with van der Waals surface area (Å²) in [6.07, 6.45) is 0.206. The van der Waals surface area contributed by atoms with E-state index in [9.17, 15) is 4.79 Å². The number of nitrogens with zero attached hydrogens (tertiary/aromatic N) is 2. The van der Waals surface area contributed by atoms with Crippen molar-refractivity contribution in [3.05, 3.63) is 119 Å². The smallest absolute Gasteiger partial charge is 0.350 e. The van der Waals surface area contributed by atoms with Gasteiger partial charge in [0.05, 0.1) is 5.69 Å². The molecule has 1 unspecified atom stereocenters. The van der Waals surface area contributed by atoms with Crippen LogP contribution in [-0.4, -0.2) is 35.5 Å². The predicted octanol–water partition coefficient (Wildman–Crippen LogP) is 5.71. The minimum atomic E-state index is -1.18. The second-order valence-electron chi connectivity index (χ2n) is 7.86. The molecule has 4 rings (SSSR count). The topological polar surface area (TPSA) is 93.0 Å². The fraction of sp³-hybridized carbons (Fsp3) is 0.179. The number of nitrogens with one attached hydrogen (secondary N) is 1. The van der Waals surface area contributed by atoms with Crippen LogP contribution >= 0.6 is 11.3 Å². The van der Waals surface area contributed by atoms with E-state index in [1.165, 1.54) is 11.3 Å². The highest BCUT2D eigenvalue weighted by atomic mass is 32.1. The van der Waals surface area contributed by atoms with Crippen LogP contribution in [0.1, 0.15) is 35.4 Å². The van der Waals surface area contributed by atoms with E-state index in [4.69, 9.17) is 19.7 Å². The first-order valence-corrected chi connectivity index (χ1v) is 12.4. The third-order valence-corrected chi connectivity index (χ3v) is 6.37. The Morgan fingerprint density at radius 1 is 1.00 bits per heavy atom. The zero-order valence-corrected chi connectivity index (χ0v) is 20.6. The number of oxime groups is 1. The molecule has 0 aliphatic heterocycles.